The lowest BCUT2D eigenvalue weighted by molar-refractivity contribution is -0.189. The van der Waals surface area contributed by atoms with Gasteiger partial charge in [-0.05, 0) is 22.9 Å². The molecule has 1 fully saturated rings. The van der Waals surface area contributed by atoms with E-state index in [1.54, 1.807) is 48.7 Å². The number of thiophene rings is 2. The van der Waals surface area contributed by atoms with Crippen LogP contribution in [0.1, 0.15) is 23.6 Å². The first-order chi connectivity index (χ1) is 10.0. The summed E-state index contributed by atoms with van der Waals surface area (Å²) in [6, 6.07) is 7.77. The lowest BCUT2D eigenvalue weighted by atomic mass is 10.1. The Kier molecular flexibility index (Phi) is 3.69. The van der Waals surface area contributed by atoms with Crippen molar-refractivity contribution in [2.75, 3.05) is 0 Å². The van der Waals surface area contributed by atoms with E-state index in [-0.39, 0.29) is 5.78 Å². The van der Waals surface area contributed by atoms with Gasteiger partial charge in [0.25, 0.3) is 5.78 Å². The molecule has 3 rings (SSSR count). The molecule has 0 spiro atoms. The number of carbonyl (C=O) groups is 1. The van der Waals surface area contributed by atoms with Crippen LogP contribution in [0.3, 0.4) is 0 Å². The van der Waals surface area contributed by atoms with Gasteiger partial charge in [0.05, 0.1) is 0 Å². The van der Waals surface area contributed by atoms with Gasteiger partial charge in [-0.3, -0.25) is 4.79 Å². The minimum atomic E-state index is -0.861. The monoisotopic (exact) mass is 318 g/mol. The second-order valence-corrected chi connectivity index (χ2v) is 6.94. The topological polar surface area (TPSA) is 35.5 Å². The highest BCUT2D eigenvalue weighted by molar-refractivity contribution is 7.11. The summed E-state index contributed by atoms with van der Waals surface area (Å²) >= 11 is 3.12. The summed E-state index contributed by atoms with van der Waals surface area (Å²) < 4.78 is 11.3. The standard InChI is InChI=1S/C16H14O3S2/c1-16(2)18-13(9-11-5-3-7-20-11)15(17)14(19-16)10-12-6-4-8-21-12/h3-10H,1-2H3/b13-9-,14-10-. The second kappa shape index (κ2) is 5.50. The molecule has 0 N–H and O–H groups in total. The third-order valence-corrected chi connectivity index (χ3v) is 4.43. The lowest BCUT2D eigenvalue weighted by Gasteiger charge is -2.33. The van der Waals surface area contributed by atoms with Crippen LogP contribution in [0.4, 0.5) is 0 Å². The van der Waals surface area contributed by atoms with Crippen LogP contribution in [0.15, 0.2) is 46.5 Å². The molecule has 108 valence electrons. The van der Waals surface area contributed by atoms with Crippen LogP contribution in [-0.2, 0) is 14.3 Å². The number of Topliss-reactive ketones (excluding diaryl/α,β-unsaturated/α-hetero) is 1. The molecule has 21 heavy (non-hydrogen) atoms. The van der Waals surface area contributed by atoms with E-state index in [1.807, 2.05) is 35.0 Å². The molecule has 0 amide bonds. The Morgan fingerprint density at radius 2 is 1.43 bits per heavy atom. The molecule has 0 aromatic carbocycles. The van der Waals surface area contributed by atoms with Crippen LogP contribution < -0.4 is 0 Å². The van der Waals surface area contributed by atoms with Gasteiger partial charge in [0.2, 0.25) is 5.79 Å². The van der Waals surface area contributed by atoms with Gasteiger partial charge in [0.1, 0.15) is 0 Å². The molecule has 1 aliphatic heterocycles. The summed E-state index contributed by atoms with van der Waals surface area (Å²) in [4.78, 5) is 14.4. The largest absolute Gasteiger partial charge is 0.449 e. The van der Waals surface area contributed by atoms with E-state index in [1.165, 1.54) is 0 Å². The van der Waals surface area contributed by atoms with Crippen molar-refractivity contribution in [1.29, 1.82) is 0 Å². The molecule has 0 aliphatic carbocycles. The van der Waals surface area contributed by atoms with E-state index in [0.717, 1.165) is 9.75 Å². The van der Waals surface area contributed by atoms with Crippen molar-refractivity contribution < 1.29 is 14.3 Å². The molecule has 0 radical (unpaired) electrons. The highest BCUT2D eigenvalue weighted by Crippen LogP contribution is 2.32. The molecule has 3 nitrogen and oxygen atoms in total. The van der Waals surface area contributed by atoms with Gasteiger partial charge < -0.3 is 9.47 Å². The van der Waals surface area contributed by atoms with Crippen molar-refractivity contribution in [3.63, 3.8) is 0 Å². The summed E-state index contributed by atoms with van der Waals surface area (Å²) in [5.41, 5.74) is 0. The molecular weight excluding hydrogens is 304 g/mol. The van der Waals surface area contributed by atoms with Crippen LogP contribution in [0.2, 0.25) is 0 Å². The van der Waals surface area contributed by atoms with Gasteiger partial charge in [-0.25, -0.2) is 0 Å². The van der Waals surface area contributed by atoms with E-state index in [2.05, 4.69) is 0 Å². The van der Waals surface area contributed by atoms with Crippen molar-refractivity contribution in [3.05, 3.63) is 56.3 Å². The Bertz CT molecular complexity index is 634. The van der Waals surface area contributed by atoms with Crippen molar-refractivity contribution in [1.82, 2.24) is 0 Å². The van der Waals surface area contributed by atoms with Gasteiger partial charge >= 0.3 is 0 Å². The fraction of sp³-hybridized carbons (Fsp3) is 0.188. The maximum atomic E-state index is 12.5. The number of ether oxygens (including phenoxy) is 2. The number of ketones is 1. The first kappa shape index (κ1) is 14.1. The molecule has 0 saturated carbocycles. The van der Waals surface area contributed by atoms with E-state index < -0.39 is 5.79 Å². The smallest absolute Gasteiger partial charge is 0.262 e. The predicted octanol–water partition coefficient (Wildman–Crippen LogP) is 4.54. The molecule has 0 atom stereocenters. The minimum Gasteiger partial charge on any atom is -0.449 e. The van der Waals surface area contributed by atoms with Crippen LogP contribution in [0.25, 0.3) is 12.2 Å². The van der Waals surface area contributed by atoms with Crippen molar-refractivity contribution in [2.24, 2.45) is 0 Å². The first-order valence-corrected chi connectivity index (χ1v) is 8.22. The zero-order chi connectivity index (χ0) is 14.9. The summed E-state index contributed by atoms with van der Waals surface area (Å²) in [5.74, 6) is -0.454. The van der Waals surface area contributed by atoms with Crippen LogP contribution in [0.5, 0.6) is 0 Å². The van der Waals surface area contributed by atoms with Gasteiger partial charge in [-0.2, -0.15) is 0 Å². The van der Waals surface area contributed by atoms with Gasteiger partial charge in [-0.1, -0.05) is 12.1 Å². The minimum absolute atomic E-state index is 0.226. The first-order valence-electron chi connectivity index (χ1n) is 6.47. The highest BCUT2D eigenvalue weighted by Gasteiger charge is 2.36. The molecule has 0 bridgehead atoms. The predicted molar refractivity (Wildman–Crippen MR) is 85.8 cm³/mol. The zero-order valence-corrected chi connectivity index (χ0v) is 13.3. The Morgan fingerprint density at radius 1 is 0.952 bits per heavy atom. The summed E-state index contributed by atoms with van der Waals surface area (Å²) in [7, 11) is 0. The summed E-state index contributed by atoms with van der Waals surface area (Å²) in [6.45, 7) is 3.59. The molecule has 2 aromatic heterocycles. The third-order valence-electron chi connectivity index (χ3n) is 2.79. The lowest BCUT2D eigenvalue weighted by Crippen LogP contribution is -2.36. The molecule has 0 unspecified atom stereocenters. The van der Waals surface area contributed by atoms with Crippen molar-refractivity contribution in [2.45, 2.75) is 19.6 Å². The van der Waals surface area contributed by atoms with Crippen LogP contribution in [0, 0.1) is 0 Å². The number of hydrogen-bond donors (Lipinski definition) is 0. The van der Waals surface area contributed by atoms with Crippen LogP contribution >= 0.6 is 22.7 Å². The normalized spacial score (nSPS) is 21.3. The summed E-state index contributed by atoms with van der Waals surface area (Å²) in [5, 5.41) is 3.92. The number of carbonyl (C=O) groups excluding carboxylic acids is 1. The maximum absolute atomic E-state index is 12.5. The fourth-order valence-corrected chi connectivity index (χ4v) is 3.25. The average molecular weight is 318 g/mol. The molecule has 2 aromatic rings. The molecular formula is C16H14O3S2. The molecule has 1 aliphatic rings. The average Bonchev–Trinajstić information content (AvgIpc) is 3.07. The van der Waals surface area contributed by atoms with E-state index >= 15 is 0 Å². The Labute approximate surface area is 131 Å². The third kappa shape index (κ3) is 3.25. The van der Waals surface area contributed by atoms with Crippen LogP contribution in [-0.4, -0.2) is 11.6 Å². The number of hydrogen-bond acceptors (Lipinski definition) is 5. The quantitative estimate of drug-likeness (QED) is 0.762. The van der Waals surface area contributed by atoms with E-state index in [4.69, 9.17) is 9.47 Å². The Morgan fingerprint density at radius 3 is 1.81 bits per heavy atom. The SMILES string of the molecule is CC1(C)O/C(=C\c2cccs2)C(=O)/C(=C/c2cccs2)O1. The Hall–Kier alpha value is -1.85. The molecule has 5 heteroatoms. The maximum Gasteiger partial charge on any atom is 0.262 e. The van der Waals surface area contributed by atoms with Crippen molar-refractivity contribution >= 4 is 40.6 Å². The van der Waals surface area contributed by atoms with Gasteiger partial charge in [0.15, 0.2) is 11.5 Å². The summed E-state index contributed by atoms with van der Waals surface area (Å²) in [6.07, 6.45) is 3.53. The second-order valence-electron chi connectivity index (χ2n) is 4.98. The van der Waals surface area contributed by atoms with E-state index in [9.17, 15) is 4.79 Å². The Balaban J connectivity index is 1.97. The fourth-order valence-electron chi connectivity index (χ4n) is 1.96. The van der Waals surface area contributed by atoms with Gasteiger partial charge in [0, 0.05) is 35.8 Å². The number of rotatable bonds is 2. The highest BCUT2D eigenvalue weighted by atomic mass is 32.1. The molecule has 3 heterocycles. The molecule has 1 saturated heterocycles. The van der Waals surface area contributed by atoms with E-state index in [0.29, 0.717) is 11.5 Å². The zero-order valence-electron chi connectivity index (χ0n) is 11.7. The van der Waals surface area contributed by atoms with Gasteiger partial charge in [-0.15, -0.1) is 22.7 Å². The van der Waals surface area contributed by atoms with Crippen molar-refractivity contribution in [3.8, 4) is 0 Å².